The summed E-state index contributed by atoms with van der Waals surface area (Å²) in [4.78, 5) is 0.890. The predicted octanol–water partition coefficient (Wildman–Crippen LogP) is 3.46. The van der Waals surface area contributed by atoms with E-state index < -0.39 is 10.8 Å². The number of nitrogens with one attached hydrogen (secondary N) is 1. The topological polar surface area (TPSA) is 29.1 Å². The van der Waals surface area contributed by atoms with Gasteiger partial charge in [0, 0.05) is 34.0 Å². The highest BCUT2D eigenvalue weighted by atomic mass is 32.2. The largest absolute Gasteiger partial charge is 0.307 e. The maximum Gasteiger partial charge on any atom is 0.0498 e. The Morgan fingerprint density at radius 1 is 1.09 bits per heavy atom. The van der Waals surface area contributed by atoms with Crippen molar-refractivity contribution in [2.75, 3.05) is 6.26 Å². The Morgan fingerprint density at radius 3 is 2.45 bits per heavy atom. The van der Waals surface area contributed by atoms with E-state index in [-0.39, 0.29) is 5.54 Å². The summed E-state index contributed by atoms with van der Waals surface area (Å²) in [6.45, 7) is 3.17. The van der Waals surface area contributed by atoms with E-state index in [0.717, 1.165) is 24.3 Å². The molecule has 3 rings (SSSR count). The van der Waals surface area contributed by atoms with Crippen molar-refractivity contribution in [1.29, 1.82) is 0 Å². The van der Waals surface area contributed by atoms with Crippen molar-refractivity contribution in [1.82, 2.24) is 5.32 Å². The van der Waals surface area contributed by atoms with Gasteiger partial charge in [0.15, 0.2) is 0 Å². The molecule has 0 spiro atoms. The molecule has 0 amide bonds. The molecule has 2 atom stereocenters. The van der Waals surface area contributed by atoms with E-state index in [4.69, 9.17) is 0 Å². The van der Waals surface area contributed by atoms with Gasteiger partial charge in [-0.3, -0.25) is 4.21 Å². The zero-order valence-corrected chi connectivity index (χ0v) is 14.1. The van der Waals surface area contributed by atoms with Crippen LogP contribution in [0.15, 0.2) is 53.4 Å². The van der Waals surface area contributed by atoms with Crippen LogP contribution >= 0.6 is 0 Å². The van der Waals surface area contributed by atoms with E-state index >= 15 is 0 Å². The number of benzene rings is 2. The second-order valence-corrected chi connectivity index (χ2v) is 7.84. The second kappa shape index (κ2) is 6.35. The van der Waals surface area contributed by atoms with Crippen LogP contribution in [0.4, 0.5) is 0 Å². The number of fused-ring (bicyclic) bond motifs is 1. The minimum atomic E-state index is -0.899. The Bertz CT molecular complexity index is 680. The molecule has 0 aromatic heterocycles. The van der Waals surface area contributed by atoms with Gasteiger partial charge < -0.3 is 5.32 Å². The third-order valence-corrected chi connectivity index (χ3v) is 5.56. The fraction of sp³-hybridized carbons (Fsp3) is 0.368. The van der Waals surface area contributed by atoms with Crippen LogP contribution < -0.4 is 5.32 Å². The molecule has 0 aliphatic heterocycles. The van der Waals surface area contributed by atoms with Crippen molar-refractivity contribution < 1.29 is 4.21 Å². The van der Waals surface area contributed by atoms with Crippen molar-refractivity contribution in [3.05, 3.63) is 65.2 Å². The van der Waals surface area contributed by atoms with Gasteiger partial charge in [0.05, 0.1) is 0 Å². The van der Waals surface area contributed by atoms with E-state index in [9.17, 15) is 4.21 Å². The molecule has 22 heavy (non-hydrogen) atoms. The van der Waals surface area contributed by atoms with Gasteiger partial charge in [-0.2, -0.15) is 0 Å². The Kier molecular flexibility index (Phi) is 4.46. The van der Waals surface area contributed by atoms with Crippen molar-refractivity contribution in [3.8, 4) is 0 Å². The summed E-state index contributed by atoms with van der Waals surface area (Å²) in [5, 5.41) is 3.73. The zero-order valence-electron chi connectivity index (χ0n) is 13.3. The minimum Gasteiger partial charge on any atom is -0.307 e. The molecular formula is C19H23NOS. The lowest BCUT2D eigenvalue weighted by Gasteiger charge is -2.36. The van der Waals surface area contributed by atoms with E-state index in [1.165, 1.54) is 23.1 Å². The van der Waals surface area contributed by atoms with Gasteiger partial charge in [-0.15, -0.1) is 0 Å². The molecule has 1 N–H and O–H groups in total. The lowest BCUT2D eigenvalue weighted by atomic mass is 9.79. The summed E-state index contributed by atoms with van der Waals surface area (Å²) in [6.07, 6.45) is 5.11. The zero-order chi connectivity index (χ0) is 15.6. The lowest BCUT2D eigenvalue weighted by Crippen LogP contribution is -2.46. The molecule has 1 aliphatic carbocycles. The second-order valence-electron chi connectivity index (χ2n) is 6.46. The molecule has 0 unspecified atom stereocenters. The Balaban J connectivity index is 1.65. The maximum absolute atomic E-state index is 11.4. The first kappa shape index (κ1) is 15.4. The summed E-state index contributed by atoms with van der Waals surface area (Å²) in [5.74, 6) is 0. The highest BCUT2D eigenvalue weighted by Crippen LogP contribution is 2.28. The molecule has 2 nitrogen and oxygen atoms in total. The van der Waals surface area contributed by atoms with Crippen molar-refractivity contribution in [3.63, 3.8) is 0 Å². The Hall–Kier alpha value is -1.45. The van der Waals surface area contributed by atoms with Crippen LogP contribution in [-0.2, 0) is 30.2 Å². The fourth-order valence-electron chi connectivity index (χ4n) is 3.16. The summed E-state index contributed by atoms with van der Waals surface area (Å²) >= 11 is 0. The number of hydrogen-bond donors (Lipinski definition) is 1. The molecule has 116 valence electrons. The van der Waals surface area contributed by atoms with E-state index in [1.54, 1.807) is 6.26 Å². The third kappa shape index (κ3) is 3.47. The first-order chi connectivity index (χ1) is 10.6. The van der Waals surface area contributed by atoms with Crippen molar-refractivity contribution >= 4 is 10.8 Å². The van der Waals surface area contributed by atoms with Gasteiger partial charge in [-0.1, -0.05) is 36.4 Å². The molecule has 0 saturated heterocycles. The smallest absolute Gasteiger partial charge is 0.0498 e. The quantitative estimate of drug-likeness (QED) is 0.936. The van der Waals surface area contributed by atoms with Crippen LogP contribution in [0.3, 0.4) is 0 Å². The molecule has 0 radical (unpaired) electrons. The highest BCUT2D eigenvalue weighted by Gasteiger charge is 2.28. The van der Waals surface area contributed by atoms with Crippen LogP contribution in [-0.4, -0.2) is 16.0 Å². The van der Waals surface area contributed by atoms with Crippen LogP contribution in [0.2, 0.25) is 0 Å². The Morgan fingerprint density at radius 2 is 1.77 bits per heavy atom. The number of rotatable bonds is 4. The van der Waals surface area contributed by atoms with E-state index in [2.05, 4.69) is 48.6 Å². The molecule has 3 heteroatoms. The first-order valence-corrected chi connectivity index (χ1v) is 9.36. The molecule has 1 aliphatic rings. The normalized spacial score (nSPS) is 22.1. The van der Waals surface area contributed by atoms with Gasteiger partial charge in [-0.05, 0) is 55.0 Å². The molecule has 0 saturated carbocycles. The first-order valence-electron chi connectivity index (χ1n) is 7.80. The summed E-state index contributed by atoms with van der Waals surface area (Å²) < 4.78 is 11.4. The maximum atomic E-state index is 11.4. The summed E-state index contributed by atoms with van der Waals surface area (Å²) in [5.41, 5.74) is 4.37. The third-order valence-electron chi connectivity index (χ3n) is 4.62. The molecule has 2 aromatic carbocycles. The standard InChI is InChI=1S/C19H23NOS/c1-19(12-11-16-5-3-4-6-17(16)13-19)20-14-15-7-9-18(10-8-15)22(2)21/h3-10,20H,11-14H2,1-2H3/t19-,22+/m1/s1. The summed E-state index contributed by atoms with van der Waals surface area (Å²) in [6, 6.07) is 16.8. The average Bonchev–Trinajstić information content (AvgIpc) is 2.53. The van der Waals surface area contributed by atoms with Gasteiger partial charge >= 0.3 is 0 Å². The SMILES string of the molecule is C[S@](=O)c1ccc(CN[C@]2(C)CCc3ccccc3C2)cc1. The minimum absolute atomic E-state index is 0.153. The van der Waals surface area contributed by atoms with Crippen molar-refractivity contribution in [2.45, 2.75) is 43.2 Å². The average molecular weight is 313 g/mol. The number of aryl methyl sites for hydroxylation is 1. The van der Waals surface area contributed by atoms with Gasteiger partial charge in [-0.25, -0.2) is 0 Å². The monoisotopic (exact) mass is 313 g/mol. The lowest BCUT2D eigenvalue weighted by molar-refractivity contribution is 0.311. The molecule has 0 bridgehead atoms. The molecule has 0 heterocycles. The van der Waals surface area contributed by atoms with E-state index in [0.29, 0.717) is 0 Å². The van der Waals surface area contributed by atoms with Crippen molar-refractivity contribution in [2.24, 2.45) is 0 Å². The van der Waals surface area contributed by atoms with Crippen LogP contribution in [0.1, 0.15) is 30.0 Å². The highest BCUT2D eigenvalue weighted by molar-refractivity contribution is 7.84. The Labute approximate surface area is 135 Å². The number of hydrogen-bond acceptors (Lipinski definition) is 2. The molecular weight excluding hydrogens is 290 g/mol. The molecule has 0 fully saturated rings. The fourth-order valence-corrected chi connectivity index (χ4v) is 3.68. The molecule has 2 aromatic rings. The van der Waals surface area contributed by atoms with Gasteiger partial charge in [0.2, 0.25) is 0 Å². The van der Waals surface area contributed by atoms with Crippen LogP contribution in [0.25, 0.3) is 0 Å². The van der Waals surface area contributed by atoms with E-state index in [1.807, 2.05) is 12.1 Å². The van der Waals surface area contributed by atoms with Crippen LogP contribution in [0, 0.1) is 0 Å². The predicted molar refractivity (Wildman–Crippen MR) is 92.5 cm³/mol. The van der Waals surface area contributed by atoms with Crippen LogP contribution in [0.5, 0.6) is 0 Å². The summed E-state index contributed by atoms with van der Waals surface area (Å²) in [7, 11) is -0.899. The van der Waals surface area contributed by atoms with Gasteiger partial charge in [0.25, 0.3) is 0 Å². The van der Waals surface area contributed by atoms with Gasteiger partial charge in [0.1, 0.15) is 0 Å².